The van der Waals surface area contributed by atoms with Crippen LogP contribution in [0.5, 0.6) is 0 Å². The third-order valence-electron chi connectivity index (χ3n) is 0.779. The van der Waals surface area contributed by atoms with Crippen molar-refractivity contribution < 1.29 is 0 Å². The predicted octanol–water partition coefficient (Wildman–Crippen LogP) is 0.711. The molecule has 0 saturated heterocycles. The monoisotopic (exact) mass is 112 g/mol. The van der Waals surface area contributed by atoms with Crippen molar-refractivity contribution in [1.29, 1.82) is 0 Å². The number of hydrogen-bond donors (Lipinski definition) is 2. The zero-order valence-electron chi connectivity index (χ0n) is 5.15. The molecular formula is C6H12N2. The van der Waals surface area contributed by atoms with E-state index in [1.165, 1.54) is 0 Å². The molecule has 8 heavy (non-hydrogen) atoms. The van der Waals surface area contributed by atoms with Crippen LogP contribution in [0.1, 0.15) is 13.3 Å². The summed E-state index contributed by atoms with van der Waals surface area (Å²) in [5.41, 5.74) is 11.9. The molecule has 0 aliphatic heterocycles. The zero-order chi connectivity index (χ0) is 6.57. The first-order valence-corrected chi connectivity index (χ1v) is 2.57. The standard InChI is InChI=1S/C6H12N2/c1-3-6(8)4-5(2)7/h4H,2-3,7-8H2,1H3/b6-4+. The van der Waals surface area contributed by atoms with Crippen LogP contribution < -0.4 is 11.5 Å². The van der Waals surface area contributed by atoms with Gasteiger partial charge in [-0.1, -0.05) is 13.5 Å². The van der Waals surface area contributed by atoms with Gasteiger partial charge in [-0.3, -0.25) is 0 Å². The first kappa shape index (κ1) is 7.08. The van der Waals surface area contributed by atoms with Crippen molar-refractivity contribution in [2.75, 3.05) is 0 Å². The van der Waals surface area contributed by atoms with Gasteiger partial charge in [-0.25, -0.2) is 0 Å². The molecule has 0 atom stereocenters. The lowest BCUT2D eigenvalue weighted by Crippen LogP contribution is -1.98. The van der Waals surface area contributed by atoms with Crippen LogP contribution in [0, 0.1) is 0 Å². The van der Waals surface area contributed by atoms with Crippen LogP contribution in [0.2, 0.25) is 0 Å². The van der Waals surface area contributed by atoms with E-state index in [1.807, 2.05) is 6.92 Å². The fourth-order valence-electron chi connectivity index (χ4n) is 0.340. The normalized spacial score (nSPS) is 11.4. The summed E-state index contributed by atoms with van der Waals surface area (Å²) in [5, 5.41) is 0. The summed E-state index contributed by atoms with van der Waals surface area (Å²) in [6.45, 7) is 5.43. The molecule has 0 rings (SSSR count). The van der Waals surface area contributed by atoms with E-state index in [4.69, 9.17) is 11.5 Å². The molecule has 0 spiro atoms. The molecule has 0 aliphatic carbocycles. The third kappa shape index (κ3) is 3.28. The molecule has 4 N–H and O–H groups in total. The smallest absolute Gasteiger partial charge is 0.0258 e. The maximum atomic E-state index is 5.39. The second-order valence-electron chi connectivity index (χ2n) is 1.65. The van der Waals surface area contributed by atoms with Gasteiger partial charge in [0.15, 0.2) is 0 Å². The van der Waals surface area contributed by atoms with Gasteiger partial charge in [0, 0.05) is 11.4 Å². The summed E-state index contributed by atoms with van der Waals surface area (Å²) in [7, 11) is 0. The summed E-state index contributed by atoms with van der Waals surface area (Å²) in [6, 6.07) is 0. The van der Waals surface area contributed by atoms with Crippen LogP contribution in [0.15, 0.2) is 24.0 Å². The minimum atomic E-state index is 0.518. The maximum absolute atomic E-state index is 5.39. The maximum Gasteiger partial charge on any atom is 0.0258 e. The lowest BCUT2D eigenvalue weighted by Gasteiger charge is -1.92. The molecule has 0 saturated carbocycles. The van der Waals surface area contributed by atoms with E-state index in [1.54, 1.807) is 6.08 Å². The van der Waals surface area contributed by atoms with Crippen molar-refractivity contribution in [2.45, 2.75) is 13.3 Å². The van der Waals surface area contributed by atoms with Gasteiger partial charge < -0.3 is 11.5 Å². The van der Waals surface area contributed by atoms with Gasteiger partial charge in [0.25, 0.3) is 0 Å². The van der Waals surface area contributed by atoms with Gasteiger partial charge in [-0.2, -0.15) is 0 Å². The molecular weight excluding hydrogens is 100 g/mol. The topological polar surface area (TPSA) is 52.0 Å². The lowest BCUT2D eigenvalue weighted by molar-refractivity contribution is 1.06. The van der Waals surface area contributed by atoms with Gasteiger partial charge in [-0.15, -0.1) is 0 Å². The molecule has 2 heteroatoms. The molecule has 0 aromatic heterocycles. The largest absolute Gasteiger partial charge is 0.402 e. The van der Waals surface area contributed by atoms with E-state index < -0.39 is 0 Å². The Balaban J connectivity index is 3.75. The Morgan fingerprint density at radius 2 is 2.12 bits per heavy atom. The van der Waals surface area contributed by atoms with E-state index in [2.05, 4.69) is 6.58 Å². The van der Waals surface area contributed by atoms with Crippen molar-refractivity contribution >= 4 is 0 Å². The van der Waals surface area contributed by atoms with Gasteiger partial charge in [0.2, 0.25) is 0 Å². The summed E-state index contributed by atoms with van der Waals surface area (Å²) < 4.78 is 0. The highest BCUT2D eigenvalue weighted by atomic mass is 14.6. The Morgan fingerprint density at radius 3 is 2.25 bits per heavy atom. The average molecular weight is 112 g/mol. The van der Waals surface area contributed by atoms with E-state index in [0.29, 0.717) is 5.70 Å². The van der Waals surface area contributed by atoms with Crippen LogP contribution in [0.3, 0.4) is 0 Å². The Kier molecular flexibility index (Phi) is 2.77. The van der Waals surface area contributed by atoms with Crippen molar-refractivity contribution in [2.24, 2.45) is 11.5 Å². The summed E-state index contributed by atoms with van der Waals surface area (Å²) >= 11 is 0. The number of nitrogens with two attached hydrogens (primary N) is 2. The van der Waals surface area contributed by atoms with Crippen molar-refractivity contribution in [3.63, 3.8) is 0 Å². The highest BCUT2D eigenvalue weighted by Gasteiger charge is 1.81. The Morgan fingerprint density at radius 1 is 1.62 bits per heavy atom. The Bertz CT molecular complexity index is 114. The second-order valence-corrected chi connectivity index (χ2v) is 1.65. The average Bonchev–Trinajstić information content (AvgIpc) is 1.65. The fraction of sp³-hybridized carbons (Fsp3) is 0.333. The van der Waals surface area contributed by atoms with Crippen LogP contribution in [0.25, 0.3) is 0 Å². The molecule has 0 fully saturated rings. The first-order valence-electron chi connectivity index (χ1n) is 2.57. The summed E-state index contributed by atoms with van der Waals surface area (Å²) in [4.78, 5) is 0. The van der Waals surface area contributed by atoms with Crippen LogP contribution in [-0.2, 0) is 0 Å². The van der Waals surface area contributed by atoms with Crippen molar-refractivity contribution in [3.8, 4) is 0 Å². The molecule has 0 bridgehead atoms. The predicted molar refractivity (Wildman–Crippen MR) is 35.9 cm³/mol. The van der Waals surface area contributed by atoms with Gasteiger partial charge in [0.1, 0.15) is 0 Å². The minimum Gasteiger partial charge on any atom is -0.402 e. The highest BCUT2D eigenvalue weighted by Crippen LogP contribution is 1.91. The molecule has 0 radical (unpaired) electrons. The number of rotatable bonds is 2. The van der Waals surface area contributed by atoms with Crippen LogP contribution in [0.4, 0.5) is 0 Å². The fourth-order valence-corrected chi connectivity index (χ4v) is 0.340. The molecule has 0 heterocycles. The lowest BCUT2D eigenvalue weighted by atomic mass is 10.3. The van der Waals surface area contributed by atoms with Crippen molar-refractivity contribution in [1.82, 2.24) is 0 Å². The Labute approximate surface area is 49.9 Å². The molecule has 0 unspecified atom stereocenters. The molecule has 0 amide bonds. The first-order chi connectivity index (χ1) is 3.66. The van der Waals surface area contributed by atoms with E-state index in [0.717, 1.165) is 12.1 Å². The third-order valence-corrected chi connectivity index (χ3v) is 0.779. The van der Waals surface area contributed by atoms with Gasteiger partial charge in [0.05, 0.1) is 0 Å². The minimum absolute atomic E-state index is 0.518. The number of hydrogen-bond acceptors (Lipinski definition) is 2. The SMILES string of the molecule is C=C(N)/C=C(/N)CC. The highest BCUT2D eigenvalue weighted by molar-refractivity contribution is 5.14. The zero-order valence-corrected chi connectivity index (χ0v) is 5.15. The molecule has 0 aromatic carbocycles. The molecule has 0 aromatic rings. The van der Waals surface area contributed by atoms with Gasteiger partial charge in [-0.05, 0) is 12.5 Å². The van der Waals surface area contributed by atoms with Crippen LogP contribution in [-0.4, -0.2) is 0 Å². The van der Waals surface area contributed by atoms with E-state index in [-0.39, 0.29) is 0 Å². The molecule has 0 aliphatic rings. The van der Waals surface area contributed by atoms with Crippen molar-refractivity contribution in [3.05, 3.63) is 24.0 Å². The second kappa shape index (κ2) is 3.13. The van der Waals surface area contributed by atoms with E-state index >= 15 is 0 Å². The quantitative estimate of drug-likeness (QED) is 0.517. The summed E-state index contributed by atoms with van der Waals surface area (Å²) in [6.07, 6.45) is 2.50. The van der Waals surface area contributed by atoms with Gasteiger partial charge >= 0.3 is 0 Å². The van der Waals surface area contributed by atoms with E-state index in [9.17, 15) is 0 Å². The molecule has 46 valence electrons. The Hall–Kier alpha value is -0.920. The van der Waals surface area contributed by atoms with Crippen LogP contribution >= 0.6 is 0 Å². The summed E-state index contributed by atoms with van der Waals surface area (Å²) in [5.74, 6) is 0. The molecule has 2 nitrogen and oxygen atoms in total. The number of allylic oxidation sites excluding steroid dienone is 2.